The molecule has 1 N–H and O–H groups in total. The summed E-state index contributed by atoms with van der Waals surface area (Å²) in [5, 5.41) is 10.2. The predicted octanol–water partition coefficient (Wildman–Crippen LogP) is 2.37. The largest absolute Gasteiger partial charge is 0.423 e. The van der Waals surface area contributed by atoms with Crippen LogP contribution >= 0.6 is 0 Å². The minimum Gasteiger partial charge on any atom is -0.423 e. The van der Waals surface area contributed by atoms with Crippen LogP contribution in [0.4, 0.5) is 5.69 Å². The van der Waals surface area contributed by atoms with Gasteiger partial charge in [-0.1, -0.05) is 18.2 Å². The van der Waals surface area contributed by atoms with Crippen molar-refractivity contribution in [3.05, 3.63) is 71.1 Å². The summed E-state index contributed by atoms with van der Waals surface area (Å²) in [5.41, 5.74) is 0.277. The zero-order chi connectivity index (χ0) is 18.0. The monoisotopic (exact) mass is 359 g/mol. The molecule has 0 amide bonds. The fraction of sp³-hybridized carbons (Fsp3) is 0.167. The SMILES string of the molecule is CC(O)CN(c1ccccc1)S(=O)(=O)c1ccc2oc(=O)ccc2c1. The van der Waals surface area contributed by atoms with E-state index >= 15 is 0 Å². The third-order valence-electron chi connectivity index (χ3n) is 3.65. The number of rotatable bonds is 5. The van der Waals surface area contributed by atoms with Crippen molar-refractivity contribution in [2.75, 3.05) is 10.8 Å². The second-order valence-electron chi connectivity index (χ2n) is 5.67. The zero-order valence-corrected chi connectivity index (χ0v) is 14.3. The smallest absolute Gasteiger partial charge is 0.336 e. The Bertz CT molecular complexity index is 1040. The highest BCUT2D eigenvalue weighted by molar-refractivity contribution is 7.92. The molecule has 1 aromatic heterocycles. The van der Waals surface area contributed by atoms with E-state index in [1.165, 1.54) is 37.3 Å². The van der Waals surface area contributed by atoms with Crippen molar-refractivity contribution in [2.24, 2.45) is 0 Å². The molecule has 0 aliphatic carbocycles. The van der Waals surface area contributed by atoms with Crippen LogP contribution in [-0.4, -0.2) is 26.2 Å². The Morgan fingerprint density at radius 1 is 1.08 bits per heavy atom. The summed E-state index contributed by atoms with van der Waals surface area (Å²) in [6, 6.07) is 15.6. The topological polar surface area (TPSA) is 87.8 Å². The van der Waals surface area contributed by atoms with E-state index in [0.717, 1.165) is 4.31 Å². The number of hydrogen-bond acceptors (Lipinski definition) is 5. The Hall–Kier alpha value is -2.64. The highest BCUT2D eigenvalue weighted by Gasteiger charge is 2.26. The van der Waals surface area contributed by atoms with Crippen LogP contribution in [0.5, 0.6) is 0 Å². The van der Waals surface area contributed by atoms with Crippen LogP contribution in [0, 0.1) is 0 Å². The van der Waals surface area contributed by atoms with E-state index in [9.17, 15) is 18.3 Å². The molecule has 6 nitrogen and oxygen atoms in total. The van der Waals surface area contributed by atoms with Crippen molar-refractivity contribution in [1.29, 1.82) is 0 Å². The number of aliphatic hydroxyl groups is 1. The first-order valence-corrected chi connectivity index (χ1v) is 9.12. The predicted molar refractivity (Wildman–Crippen MR) is 95.1 cm³/mol. The Kier molecular flexibility index (Phi) is 4.61. The molecule has 130 valence electrons. The quantitative estimate of drug-likeness (QED) is 0.707. The van der Waals surface area contributed by atoms with Crippen LogP contribution in [0.1, 0.15) is 6.92 Å². The molecule has 0 spiro atoms. The van der Waals surface area contributed by atoms with Crippen LogP contribution in [-0.2, 0) is 10.0 Å². The Labute approximate surface area is 145 Å². The second kappa shape index (κ2) is 6.70. The van der Waals surface area contributed by atoms with Crippen LogP contribution in [0.2, 0.25) is 0 Å². The van der Waals surface area contributed by atoms with Gasteiger partial charge in [0.25, 0.3) is 10.0 Å². The molecule has 3 rings (SSSR count). The highest BCUT2D eigenvalue weighted by atomic mass is 32.2. The van der Waals surface area contributed by atoms with Gasteiger partial charge in [-0.25, -0.2) is 13.2 Å². The van der Waals surface area contributed by atoms with E-state index in [2.05, 4.69) is 0 Å². The lowest BCUT2D eigenvalue weighted by Crippen LogP contribution is -2.36. The fourth-order valence-electron chi connectivity index (χ4n) is 2.51. The van der Waals surface area contributed by atoms with Gasteiger partial charge in [0.05, 0.1) is 23.2 Å². The average Bonchev–Trinajstić information content (AvgIpc) is 2.59. The molecule has 3 aromatic rings. The van der Waals surface area contributed by atoms with E-state index in [1.54, 1.807) is 30.3 Å². The number of anilines is 1. The number of para-hydroxylation sites is 1. The lowest BCUT2D eigenvalue weighted by Gasteiger charge is -2.25. The van der Waals surface area contributed by atoms with Gasteiger partial charge in [-0.3, -0.25) is 4.31 Å². The third-order valence-corrected chi connectivity index (χ3v) is 5.44. The van der Waals surface area contributed by atoms with Crippen molar-refractivity contribution < 1.29 is 17.9 Å². The number of fused-ring (bicyclic) bond motifs is 1. The number of aliphatic hydroxyl groups excluding tert-OH is 1. The summed E-state index contributed by atoms with van der Waals surface area (Å²) in [6.45, 7) is 1.45. The van der Waals surface area contributed by atoms with Gasteiger partial charge in [-0.15, -0.1) is 0 Å². The van der Waals surface area contributed by atoms with E-state index in [4.69, 9.17) is 4.42 Å². The van der Waals surface area contributed by atoms with E-state index in [0.29, 0.717) is 16.7 Å². The molecular weight excluding hydrogens is 342 g/mol. The Morgan fingerprint density at radius 3 is 2.48 bits per heavy atom. The first kappa shape index (κ1) is 17.2. The van der Waals surface area contributed by atoms with Gasteiger partial charge in [-0.05, 0) is 43.3 Å². The molecule has 0 radical (unpaired) electrons. The normalized spacial score (nSPS) is 12.9. The fourth-order valence-corrected chi connectivity index (χ4v) is 4.10. The lowest BCUT2D eigenvalue weighted by molar-refractivity contribution is 0.204. The lowest BCUT2D eigenvalue weighted by atomic mass is 10.2. The zero-order valence-electron chi connectivity index (χ0n) is 13.5. The summed E-state index contributed by atoms with van der Waals surface area (Å²) in [6.07, 6.45) is -0.839. The van der Waals surface area contributed by atoms with Gasteiger partial charge >= 0.3 is 5.63 Å². The van der Waals surface area contributed by atoms with E-state index in [-0.39, 0.29) is 11.4 Å². The first-order chi connectivity index (χ1) is 11.9. The molecule has 7 heteroatoms. The van der Waals surface area contributed by atoms with Crippen LogP contribution < -0.4 is 9.93 Å². The summed E-state index contributed by atoms with van der Waals surface area (Å²) in [4.78, 5) is 11.3. The van der Waals surface area contributed by atoms with Crippen molar-refractivity contribution >= 4 is 26.7 Å². The number of nitrogens with zero attached hydrogens (tertiary/aromatic N) is 1. The van der Waals surface area contributed by atoms with Gasteiger partial charge in [0.1, 0.15) is 5.58 Å². The summed E-state index contributed by atoms with van der Waals surface area (Å²) < 4.78 is 32.4. The van der Waals surface area contributed by atoms with Crippen molar-refractivity contribution in [3.8, 4) is 0 Å². The summed E-state index contributed by atoms with van der Waals surface area (Å²) in [5.74, 6) is 0. The van der Waals surface area contributed by atoms with Gasteiger partial charge in [0.2, 0.25) is 0 Å². The molecule has 25 heavy (non-hydrogen) atoms. The average molecular weight is 359 g/mol. The molecule has 0 aliphatic heterocycles. The highest BCUT2D eigenvalue weighted by Crippen LogP contribution is 2.26. The van der Waals surface area contributed by atoms with Gasteiger partial charge < -0.3 is 9.52 Å². The molecule has 1 atom stereocenters. The van der Waals surface area contributed by atoms with E-state index in [1.807, 2.05) is 0 Å². The second-order valence-corrected chi connectivity index (χ2v) is 7.54. The minimum absolute atomic E-state index is 0.0540. The van der Waals surface area contributed by atoms with Crippen LogP contribution in [0.3, 0.4) is 0 Å². The molecule has 0 saturated heterocycles. The van der Waals surface area contributed by atoms with Crippen LogP contribution in [0.15, 0.2) is 74.8 Å². The Balaban J connectivity index is 2.11. The molecule has 0 saturated carbocycles. The Morgan fingerprint density at radius 2 is 1.80 bits per heavy atom. The van der Waals surface area contributed by atoms with E-state index < -0.39 is 21.8 Å². The maximum absolute atomic E-state index is 13.1. The van der Waals surface area contributed by atoms with Crippen molar-refractivity contribution in [3.63, 3.8) is 0 Å². The maximum Gasteiger partial charge on any atom is 0.336 e. The van der Waals surface area contributed by atoms with Crippen LogP contribution in [0.25, 0.3) is 11.0 Å². The minimum atomic E-state index is -3.90. The first-order valence-electron chi connectivity index (χ1n) is 7.68. The van der Waals surface area contributed by atoms with Gasteiger partial charge in [0, 0.05) is 11.5 Å². The van der Waals surface area contributed by atoms with Crippen molar-refractivity contribution in [2.45, 2.75) is 17.9 Å². The summed E-state index contributed by atoms with van der Waals surface area (Å²) in [7, 11) is -3.90. The molecule has 1 unspecified atom stereocenters. The molecule has 2 aromatic carbocycles. The van der Waals surface area contributed by atoms with Crippen molar-refractivity contribution in [1.82, 2.24) is 0 Å². The molecule has 0 aliphatic rings. The third kappa shape index (κ3) is 3.57. The standard InChI is InChI=1S/C18H17NO5S/c1-13(20)12-19(15-5-3-2-4-6-15)25(22,23)16-8-9-17-14(11-16)7-10-18(21)24-17/h2-11,13,20H,12H2,1H3. The molecule has 0 fully saturated rings. The summed E-state index contributed by atoms with van der Waals surface area (Å²) >= 11 is 0. The molecular formula is C18H17NO5S. The van der Waals surface area contributed by atoms with Gasteiger partial charge in [0.15, 0.2) is 0 Å². The maximum atomic E-state index is 13.1. The molecule has 0 bridgehead atoms. The van der Waals surface area contributed by atoms with Gasteiger partial charge in [-0.2, -0.15) is 0 Å². The number of hydrogen-bond donors (Lipinski definition) is 1. The number of benzene rings is 2. The molecule has 1 heterocycles. The number of sulfonamides is 1.